The molecule has 1 aliphatic rings. The van der Waals surface area contributed by atoms with Crippen LogP contribution >= 0.6 is 0 Å². The Kier molecular flexibility index (Phi) is 3.05. The van der Waals surface area contributed by atoms with Crippen molar-refractivity contribution >= 4 is 9.84 Å². The maximum atomic E-state index is 12.5. The second-order valence-electron chi connectivity index (χ2n) is 5.30. The third-order valence-electron chi connectivity index (χ3n) is 3.49. The van der Waals surface area contributed by atoms with Crippen LogP contribution in [0.3, 0.4) is 0 Å². The van der Waals surface area contributed by atoms with Gasteiger partial charge in [-0.1, -0.05) is 44.2 Å². The summed E-state index contributed by atoms with van der Waals surface area (Å²) < 4.78 is 30.9. The van der Waals surface area contributed by atoms with E-state index in [9.17, 15) is 8.42 Å². The molecule has 0 aromatic heterocycles. The molecule has 0 unspecified atom stereocenters. The van der Waals surface area contributed by atoms with Crippen molar-refractivity contribution < 1.29 is 13.2 Å². The molecule has 2 aromatic rings. The fourth-order valence-corrected chi connectivity index (χ4v) is 3.98. The van der Waals surface area contributed by atoms with E-state index in [1.54, 1.807) is 24.3 Å². The first-order valence-corrected chi connectivity index (χ1v) is 8.25. The highest BCUT2D eigenvalue weighted by molar-refractivity contribution is 7.90. The minimum absolute atomic E-state index is 0.0140. The Morgan fingerprint density at radius 1 is 1.05 bits per heavy atom. The summed E-state index contributed by atoms with van der Waals surface area (Å²) >= 11 is 0. The lowest BCUT2D eigenvalue weighted by Crippen LogP contribution is -2.03. The molecule has 2 aromatic carbocycles. The van der Waals surface area contributed by atoms with E-state index in [-0.39, 0.29) is 16.6 Å². The first-order valence-electron chi connectivity index (χ1n) is 6.60. The van der Waals surface area contributed by atoms with Gasteiger partial charge < -0.3 is 4.74 Å². The molecule has 0 spiro atoms. The minimum Gasteiger partial charge on any atom is -0.455 e. The normalized spacial score (nSPS) is 15.9. The Hall–Kier alpha value is -1.81. The van der Waals surface area contributed by atoms with Gasteiger partial charge in [0.25, 0.3) is 0 Å². The zero-order valence-corrected chi connectivity index (χ0v) is 12.3. The third-order valence-corrected chi connectivity index (χ3v) is 5.19. The van der Waals surface area contributed by atoms with Gasteiger partial charge in [0, 0.05) is 5.56 Å². The van der Waals surface area contributed by atoms with Crippen LogP contribution in [0.1, 0.15) is 30.9 Å². The van der Waals surface area contributed by atoms with Crippen LogP contribution in [0.2, 0.25) is 0 Å². The van der Waals surface area contributed by atoms with E-state index in [0.29, 0.717) is 11.5 Å². The minimum atomic E-state index is -3.36. The number of benzene rings is 2. The maximum Gasteiger partial charge on any atom is 0.186 e. The van der Waals surface area contributed by atoms with Crippen molar-refractivity contribution in [2.75, 3.05) is 0 Å². The molecule has 4 heteroatoms. The molecule has 0 bridgehead atoms. The molecule has 0 radical (unpaired) electrons. The predicted octanol–water partition coefficient (Wildman–Crippen LogP) is 3.89. The van der Waals surface area contributed by atoms with E-state index >= 15 is 0 Å². The van der Waals surface area contributed by atoms with E-state index < -0.39 is 9.84 Å². The third kappa shape index (κ3) is 2.10. The van der Waals surface area contributed by atoms with Crippen LogP contribution in [0.4, 0.5) is 0 Å². The lowest BCUT2D eigenvalue weighted by molar-refractivity contribution is 0.459. The van der Waals surface area contributed by atoms with Crippen LogP contribution in [0.5, 0.6) is 11.5 Å². The van der Waals surface area contributed by atoms with Crippen LogP contribution in [0, 0.1) is 0 Å². The van der Waals surface area contributed by atoms with Crippen molar-refractivity contribution in [2.45, 2.75) is 30.4 Å². The number of ether oxygens (including phenoxy) is 1. The van der Waals surface area contributed by atoms with Gasteiger partial charge in [-0.15, -0.1) is 0 Å². The summed E-state index contributed by atoms with van der Waals surface area (Å²) in [5.74, 6) is 1.37. The van der Waals surface area contributed by atoms with Gasteiger partial charge in [-0.2, -0.15) is 0 Å². The molecule has 0 amide bonds. The van der Waals surface area contributed by atoms with Gasteiger partial charge >= 0.3 is 0 Å². The summed E-state index contributed by atoms with van der Waals surface area (Å²) in [5, 5.41) is 0. The lowest BCUT2D eigenvalue weighted by atomic mass is 9.99. The number of hydrogen-bond acceptors (Lipinski definition) is 3. The second kappa shape index (κ2) is 4.63. The molecule has 104 valence electrons. The first kappa shape index (κ1) is 13.2. The highest BCUT2D eigenvalue weighted by Gasteiger charge is 2.28. The van der Waals surface area contributed by atoms with Crippen LogP contribution in [0.15, 0.2) is 47.4 Å². The Morgan fingerprint density at radius 3 is 2.55 bits per heavy atom. The Labute approximate surface area is 119 Å². The van der Waals surface area contributed by atoms with Crippen molar-refractivity contribution in [3.05, 3.63) is 53.6 Å². The van der Waals surface area contributed by atoms with E-state index in [1.165, 1.54) is 0 Å². The summed E-state index contributed by atoms with van der Waals surface area (Å²) in [7, 11) is -3.36. The fourth-order valence-electron chi connectivity index (χ4n) is 2.48. The Balaban J connectivity index is 2.28. The number of hydrogen-bond donors (Lipinski definition) is 0. The van der Waals surface area contributed by atoms with Crippen molar-refractivity contribution in [3.8, 4) is 11.5 Å². The number of sulfone groups is 1. The zero-order valence-electron chi connectivity index (χ0n) is 11.5. The van der Waals surface area contributed by atoms with Crippen LogP contribution in [-0.2, 0) is 15.6 Å². The predicted molar refractivity (Wildman–Crippen MR) is 77.9 cm³/mol. The smallest absolute Gasteiger partial charge is 0.186 e. The summed E-state index contributed by atoms with van der Waals surface area (Å²) in [6.07, 6.45) is 0. The van der Waals surface area contributed by atoms with Crippen LogP contribution in [-0.4, -0.2) is 8.42 Å². The SMILES string of the molecule is CC(C)c1cccc2c1Oc1ccccc1S(=O)(=O)C2. The average Bonchev–Trinajstić information content (AvgIpc) is 2.51. The number of rotatable bonds is 1. The molecule has 0 aliphatic carbocycles. The highest BCUT2D eigenvalue weighted by atomic mass is 32.2. The van der Waals surface area contributed by atoms with Crippen LogP contribution in [0.25, 0.3) is 0 Å². The average molecular weight is 288 g/mol. The summed E-state index contributed by atoms with van der Waals surface area (Å²) in [4.78, 5) is 0.269. The highest BCUT2D eigenvalue weighted by Crippen LogP contribution is 2.41. The standard InChI is InChI=1S/C16H16O3S/c1-11(2)13-7-5-6-12-10-20(17,18)15-9-4-3-8-14(15)19-16(12)13/h3-9,11H,10H2,1-2H3. The van der Waals surface area contributed by atoms with Crippen molar-refractivity contribution in [3.63, 3.8) is 0 Å². The molecule has 3 nitrogen and oxygen atoms in total. The monoisotopic (exact) mass is 288 g/mol. The van der Waals surface area contributed by atoms with Crippen molar-refractivity contribution in [1.82, 2.24) is 0 Å². The molecule has 0 saturated heterocycles. The first-order chi connectivity index (χ1) is 9.49. The largest absolute Gasteiger partial charge is 0.455 e. The van der Waals surface area contributed by atoms with E-state index in [1.807, 2.05) is 18.2 Å². The topological polar surface area (TPSA) is 43.4 Å². The van der Waals surface area contributed by atoms with Gasteiger partial charge in [0.15, 0.2) is 9.84 Å². The lowest BCUT2D eigenvalue weighted by Gasteiger charge is -2.15. The molecule has 1 aliphatic heterocycles. The zero-order chi connectivity index (χ0) is 14.3. The van der Waals surface area contributed by atoms with Gasteiger partial charge in [-0.05, 0) is 23.6 Å². The van der Waals surface area contributed by atoms with Gasteiger partial charge in [-0.25, -0.2) is 8.42 Å². The number of para-hydroxylation sites is 2. The molecule has 3 rings (SSSR count). The van der Waals surface area contributed by atoms with E-state index in [4.69, 9.17) is 4.74 Å². The van der Waals surface area contributed by atoms with Crippen LogP contribution < -0.4 is 4.74 Å². The van der Waals surface area contributed by atoms with Gasteiger partial charge in [0.1, 0.15) is 16.4 Å². The molecule has 0 atom stereocenters. The molecule has 0 N–H and O–H groups in total. The Bertz CT molecular complexity index is 761. The molecule has 1 heterocycles. The maximum absolute atomic E-state index is 12.5. The molecule has 0 saturated carbocycles. The molecular weight excluding hydrogens is 272 g/mol. The fraction of sp³-hybridized carbons (Fsp3) is 0.250. The number of fused-ring (bicyclic) bond motifs is 2. The van der Waals surface area contributed by atoms with E-state index in [0.717, 1.165) is 11.1 Å². The van der Waals surface area contributed by atoms with Gasteiger partial charge in [0.2, 0.25) is 0 Å². The second-order valence-corrected chi connectivity index (χ2v) is 7.26. The molecule has 20 heavy (non-hydrogen) atoms. The summed E-state index contributed by atoms with van der Waals surface area (Å²) in [6.45, 7) is 4.15. The summed E-state index contributed by atoms with van der Waals surface area (Å²) in [6, 6.07) is 12.5. The quantitative estimate of drug-likeness (QED) is 0.799. The van der Waals surface area contributed by atoms with E-state index in [2.05, 4.69) is 13.8 Å². The van der Waals surface area contributed by atoms with Gasteiger partial charge in [0.05, 0.1) is 5.75 Å². The molecule has 0 fully saturated rings. The Morgan fingerprint density at radius 2 is 1.80 bits per heavy atom. The molecular formula is C16H16O3S. The van der Waals surface area contributed by atoms with Crippen molar-refractivity contribution in [2.24, 2.45) is 0 Å². The van der Waals surface area contributed by atoms with Gasteiger partial charge in [-0.3, -0.25) is 0 Å². The van der Waals surface area contributed by atoms with Crippen molar-refractivity contribution in [1.29, 1.82) is 0 Å². The summed E-state index contributed by atoms with van der Waals surface area (Å²) in [5.41, 5.74) is 1.77.